The molecule has 2 heterocycles. The van der Waals surface area contributed by atoms with Crippen LogP contribution in [0.2, 0.25) is 0 Å². The number of sulfonamides is 2. The molecule has 2 aromatic carbocycles. The maximum absolute atomic E-state index is 13.0. The molecule has 2 aromatic rings. The Labute approximate surface area is 174 Å². The number of imide groups is 1. The summed E-state index contributed by atoms with van der Waals surface area (Å²) < 4.78 is 54.7. The topological polar surface area (TPSA) is 130 Å². The van der Waals surface area contributed by atoms with Gasteiger partial charge in [0.25, 0.3) is 11.8 Å². The van der Waals surface area contributed by atoms with E-state index in [1.165, 1.54) is 34.6 Å². The minimum atomic E-state index is -3.88. The smallest absolute Gasteiger partial charge is 0.258 e. The first kappa shape index (κ1) is 20.7. The first-order valence-corrected chi connectivity index (χ1v) is 12.2. The van der Waals surface area contributed by atoms with Crippen molar-refractivity contribution in [2.75, 3.05) is 13.1 Å². The summed E-state index contributed by atoms with van der Waals surface area (Å²) >= 11 is 0. The number of benzene rings is 2. The number of carbonyl (C=O) groups excluding carboxylic acids is 2. The lowest BCUT2D eigenvalue weighted by Gasteiger charge is -2.31. The van der Waals surface area contributed by atoms with Crippen LogP contribution in [0.1, 0.15) is 33.6 Å². The fourth-order valence-electron chi connectivity index (χ4n) is 3.56. The molecule has 11 heteroatoms. The predicted octanol–water partition coefficient (Wildman–Crippen LogP) is 0.702. The molecular formula is C19H19N3O6S2. The molecule has 2 aliphatic heterocycles. The van der Waals surface area contributed by atoms with Crippen LogP contribution in [0.25, 0.3) is 0 Å². The molecule has 30 heavy (non-hydrogen) atoms. The lowest BCUT2D eigenvalue weighted by Crippen LogP contribution is -2.46. The van der Waals surface area contributed by atoms with Crippen molar-refractivity contribution < 1.29 is 26.4 Å². The lowest BCUT2D eigenvalue weighted by atomic mass is 10.1. The Kier molecular flexibility index (Phi) is 5.22. The number of amides is 2. The van der Waals surface area contributed by atoms with Gasteiger partial charge in [0.2, 0.25) is 20.0 Å². The fourth-order valence-corrected chi connectivity index (χ4v) is 6.38. The van der Waals surface area contributed by atoms with Crippen LogP contribution >= 0.6 is 0 Å². The van der Waals surface area contributed by atoms with E-state index in [0.29, 0.717) is 12.8 Å². The Morgan fingerprint density at radius 2 is 1.47 bits per heavy atom. The van der Waals surface area contributed by atoms with Gasteiger partial charge in [0, 0.05) is 19.1 Å². The summed E-state index contributed by atoms with van der Waals surface area (Å²) in [5.41, 5.74) is 0.180. The Bertz CT molecular complexity index is 1220. The third-order valence-electron chi connectivity index (χ3n) is 5.17. The predicted molar refractivity (Wildman–Crippen MR) is 107 cm³/mol. The van der Waals surface area contributed by atoms with E-state index in [2.05, 4.69) is 10.0 Å². The van der Waals surface area contributed by atoms with Crippen LogP contribution in [-0.2, 0) is 20.0 Å². The van der Waals surface area contributed by atoms with Crippen molar-refractivity contribution in [2.45, 2.75) is 28.7 Å². The summed E-state index contributed by atoms with van der Waals surface area (Å²) in [7, 11) is -7.56. The molecule has 0 spiro atoms. The molecule has 0 bridgehead atoms. The quantitative estimate of drug-likeness (QED) is 0.647. The zero-order valence-corrected chi connectivity index (χ0v) is 17.4. The third-order valence-corrected chi connectivity index (χ3v) is 8.61. The molecule has 2 amide bonds. The largest absolute Gasteiger partial charge is 0.288 e. The van der Waals surface area contributed by atoms with Gasteiger partial charge in [-0.1, -0.05) is 18.2 Å². The molecule has 158 valence electrons. The van der Waals surface area contributed by atoms with Crippen molar-refractivity contribution in [3.05, 3.63) is 59.7 Å². The van der Waals surface area contributed by atoms with Gasteiger partial charge in [-0.15, -0.1) is 0 Å². The van der Waals surface area contributed by atoms with Crippen LogP contribution in [0.15, 0.2) is 58.3 Å². The number of hydrogen-bond acceptors (Lipinski definition) is 6. The van der Waals surface area contributed by atoms with E-state index in [1.807, 2.05) is 0 Å². The number of fused-ring (bicyclic) bond motifs is 1. The van der Waals surface area contributed by atoms with Gasteiger partial charge in [-0.05, 0) is 43.2 Å². The van der Waals surface area contributed by atoms with Gasteiger partial charge in [-0.3, -0.25) is 14.9 Å². The van der Waals surface area contributed by atoms with Crippen molar-refractivity contribution in [1.29, 1.82) is 0 Å². The molecule has 4 rings (SSSR count). The van der Waals surface area contributed by atoms with Crippen LogP contribution in [0.4, 0.5) is 0 Å². The molecule has 0 aromatic heterocycles. The minimum absolute atomic E-state index is 0.0339. The molecule has 1 saturated heterocycles. The Morgan fingerprint density at radius 3 is 2.13 bits per heavy atom. The summed E-state index contributed by atoms with van der Waals surface area (Å²) in [4.78, 5) is 23.5. The number of piperidine rings is 1. The number of nitrogens with one attached hydrogen (secondary N) is 2. The standard InChI is InChI=1S/C19H19N3O6S2/c23-18-16-7-6-15(12-17(16)19(24)20-18)30(27,28)22-10-8-13(9-11-22)21-29(25,26)14-4-2-1-3-5-14/h1-7,12-13,21H,8-11H2,(H,20,23,24). The molecule has 0 unspecified atom stereocenters. The average Bonchev–Trinajstić information content (AvgIpc) is 3.02. The van der Waals surface area contributed by atoms with Gasteiger partial charge in [-0.25, -0.2) is 21.6 Å². The summed E-state index contributed by atoms with van der Waals surface area (Å²) in [5, 5.41) is 2.13. The summed E-state index contributed by atoms with van der Waals surface area (Å²) in [6.07, 6.45) is 0.629. The van der Waals surface area contributed by atoms with Gasteiger partial charge >= 0.3 is 0 Å². The van der Waals surface area contributed by atoms with Crippen LogP contribution in [0.5, 0.6) is 0 Å². The highest BCUT2D eigenvalue weighted by atomic mass is 32.2. The Balaban J connectivity index is 1.46. The van der Waals surface area contributed by atoms with E-state index < -0.39 is 31.9 Å². The SMILES string of the molecule is O=C1NC(=O)c2cc(S(=O)(=O)N3CCC(NS(=O)(=O)c4ccccc4)CC3)ccc21. The van der Waals surface area contributed by atoms with Crippen LogP contribution in [0, 0.1) is 0 Å². The van der Waals surface area contributed by atoms with Crippen LogP contribution in [-0.4, -0.2) is 52.1 Å². The summed E-state index contributed by atoms with van der Waals surface area (Å²) in [5.74, 6) is -1.17. The fraction of sp³-hybridized carbons (Fsp3) is 0.263. The second kappa shape index (κ2) is 7.58. The van der Waals surface area contributed by atoms with Crippen molar-refractivity contribution in [2.24, 2.45) is 0 Å². The van der Waals surface area contributed by atoms with E-state index >= 15 is 0 Å². The van der Waals surface area contributed by atoms with Crippen molar-refractivity contribution in [3.8, 4) is 0 Å². The van der Waals surface area contributed by atoms with Crippen LogP contribution in [0.3, 0.4) is 0 Å². The first-order valence-electron chi connectivity index (χ1n) is 9.26. The van der Waals surface area contributed by atoms with Gasteiger partial charge in [0.05, 0.1) is 20.9 Å². The molecule has 2 N–H and O–H groups in total. The molecule has 0 radical (unpaired) electrons. The Hall–Kier alpha value is -2.60. The second-order valence-electron chi connectivity index (χ2n) is 7.10. The molecule has 0 atom stereocenters. The molecule has 0 aliphatic carbocycles. The zero-order chi connectivity index (χ0) is 21.5. The summed E-state index contributed by atoms with van der Waals surface area (Å²) in [6.45, 7) is 0.263. The monoisotopic (exact) mass is 449 g/mol. The third kappa shape index (κ3) is 3.76. The molecular weight excluding hydrogens is 430 g/mol. The van der Waals surface area contributed by atoms with Crippen molar-refractivity contribution >= 4 is 31.9 Å². The molecule has 2 aliphatic rings. The van der Waals surface area contributed by atoms with Gasteiger partial charge < -0.3 is 0 Å². The molecule has 1 fully saturated rings. The maximum Gasteiger partial charge on any atom is 0.258 e. The second-order valence-corrected chi connectivity index (χ2v) is 10.8. The van der Waals surface area contributed by atoms with Gasteiger partial charge in [0.1, 0.15) is 0 Å². The van der Waals surface area contributed by atoms with Gasteiger partial charge in [-0.2, -0.15) is 4.31 Å². The highest BCUT2D eigenvalue weighted by Gasteiger charge is 2.34. The Morgan fingerprint density at radius 1 is 0.833 bits per heavy atom. The number of hydrogen-bond donors (Lipinski definition) is 2. The van der Waals surface area contributed by atoms with Crippen LogP contribution < -0.4 is 10.0 Å². The first-order chi connectivity index (χ1) is 14.2. The number of rotatable bonds is 5. The number of nitrogens with zero attached hydrogens (tertiary/aromatic N) is 1. The van der Waals surface area contributed by atoms with Gasteiger partial charge in [0.15, 0.2) is 0 Å². The lowest BCUT2D eigenvalue weighted by molar-refractivity contribution is 0.0879. The van der Waals surface area contributed by atoms with E-state index in [4.69, 9.17) is 0 Å². The van der Waals surface area contributed by atoms with E-state index in [0.717, 1.165) is 0 Å². The zero-order valence-electron chi connectivity index (χ0n) is 15.7. The molecule has 0 saturated carbocycles. The maximum atomic E-state index is 13.0. The average molecular weight is 450 g/mol. The number of carbonyl (C=O) groups is 2. The van der Waals surface area contributed by atoms with E-state index in [-0.39, 0.29) is 40.0 Å². The normalized spacial score (nSPS) is 18.3. The summed E-state index contributed by atoms with van der Waals surface area (Å²) in [6, 6.07) is 11.4. The minimum Gasteiger partial charge on any atom is -0.288 e. The van der Waals surface area contributed by atoms with E-state index in [1.54, 1.807) is 18.2 Å². The highest BCUT2D eigenvalue weighted by Crippen LogP contribution is 2.25. The molecule has 9 nitrogen and oxygen atoms in total. The van der Waals surface area contributed by atoms with Crippen molar-refractivity contribution in [1.82, 2.24) is 14.3 Å². The van der Waals surface area contributed by atoms with Crippen molar-refractivity contribution in [3.63, 3.8) is 0 Å². The highest BCUT2D eigenvalue weighted by molar-refractivity contribution is 7.89. The van der Waals surface area contributed by atoms with E-state index in [9.17, 15) is 26.4 Å².